The molecule has 67 valence electrons. The normalized spacial score (nSPS) is 8.00. The molecule has 3 nitrogen and oxygen atoms in total. The molecule has 0 atom stereocenters. The summed E-state index contributed by atoms with van der Waals surface area (Å²) in [6, 6.07) is 7.01. The number of nitriles is 1. The number of rotatable bonds is 1. The molecule has 0 aliphatic rings. The van der Waals surface area contributed by atoms with Gasteiger partial charge in [-0.15, -0.1) is 0 Å². The van der Waals surface area contributed by atoms with Gasteiger partial charge in [0.05, 0.1) is 0 Å². The van der Waals surface area contributed by atoms with Crippen molar-refractivity contribution in [1.29, 1.82) is 5.26 Å². The van der Waals surface area contributed by atoms with E-state index in [0.717, 1.165) is 5.69 Å². The Balaban J connectivity index is 0.00000169. The first kappa shape index (κ1) is 13.7. The summed E-state index contributed by atoms with van der Waals surface area (Å²) in [6.45, 7) is 0. The maximum atomic E-state index is 8.25. The van der Waals surface area contributed by atoms with Crippen molar-refractivity contribution < 1.29 is 0 Å². The van der Waals surface area contributed by atoms with Crippen LogP contribution < -0.4 is 10.6 Å². The summed E-state index contributed by atoms with van der Waals surface area (Å²) in [7, 11) is 0. The first-order chi connectivity index (χ1) is 6.22. The zero-order valence-corrected chi connectivity index (χ0v) is 11.1. The minimum absolute atomic E-state index is 0. The van der Waals surface area contributed by atoms with Gasteiger partial charge in [0, 0.05) is 40.3 Å². The van der Waals surface area contributed by atoms with E-state index < -0.39 is 0 Å². The third-order valence-electron chi connectivity index (χ3n) is 1.27. The van der Waals surface area contributed by atoms with Crippen LogP contribution in [0.25, 0.3) is 0 Å². The molecule has 0 fully saturated rings. The van der Waals surface area contributed by atoms with Gasteiger partial charge in [0.15, 0.2) is 11.3 Å². The maximum Gasteiger partial charge on any atom is 0.184 e. The van der Waals surface area contributed by atoms with E-state index >= 15 is 0 Å². The molecule has 0 heterocycles. The third kappa shape index (κ3) is 4.80. The number of thiocarbonyl (C=S) groups is 1. The standard InChI is InChI=1S/C8H6ClN3S.Na/c9-6-1-3-7(4-2-6)12-8(13)11-5-10;/h1-4H,(H2,11,12,13);. The van der Waals surface area contributed by atoms with Crippen LogP contribution in [0.5, 0.6) is 0 Å². The molecule has 0 bridgehead atoms. The van der Waals surface area contributed by atoms with Gasteiger partial charge in [-0.25, -0.2) is 0 Å². The first-order valence-corrected chi connectivity index (χ1v) is 4.22. The van der Waals surface area contributed by atoms with Crippen LogP contribution in [-0.2, 0) is 0 Å². The van der Waals surface area contributed by atoms with Crippen molar-refractivity contribution in [2.45, 2.75) is 0 Å². The molecular formula is C8H6ClN3NaS. The fraction of sp³-hybridized carbons (Fsp3) is 0. The van der Waals surface area contributed by atoms with Gasteiger partial charge in [-0.3, -0.25) is 5.32 Å². The Kier molecular flexibility index (Phi) is 6.89. The van der Waals surface area contributed by atoms with Gasteiger partial charge in [-0.2, -0.15) is 5.26 Å². The SMILES string of the molecule is N#CNC(=S)Nc1ccc(Cl)cc1.[Na]. The Morgan fingerprint density at radius 3 is 2.43 bits per heavy atom. The van der Waals surface area contributed by atoms with E-state index in [0.29, 0.717) is 5.02 Å². The second-order valence-electron chi connectivity index (χ2n) is 2.20. The summed E-state index contributed by atoms with van der Waals surface area (Å²) >= 11 is 10.5. The summed E-state index contributed by atoms with van der Waals surface area (Å²) in [6.07, 6.45) is 1.72. The van der Waals surface area contributed by atoms with Crippen LogP contribution in [-0.4, -0.2) is 34.7 Å². The summed E-state index contributed by atoms with van der Waals surface area (Å²) in [5.41, 5.74) is 0.789. The molecule has 0 amide bonds. The Bertz CT molecular complexity index is 347. The van der Waals surface area contributed by atoms with Crippen molar-refractivity contribution in [2.75, 3.05) is 5.32 Å². The van der Waals surface area contributed by atoms with E-state index in [2.05, 4.69) is 10.6 Å². The van der Waals surface area contributed by atoms with Gasteiger partial charge < -0.3 is 5.32 Å². The molecule has 6 heteroatoms. The smallest absolute Gasteiger partial charge is 0.184 e. The van der Waals surface area contributed by atoms with Crippen molar-refractivity contribution in [1.82, 2.24) is 5.32 Å². The molecular weight excluding hydrogens is 229 g/mol. The van der Waals surface area contributed by atoms with E-state index in [4.69, 9.17) is 29.1 Å². The number of nitrogens with zero attached hydrogens (tertiary/aromatic N) is 1. The quantitative estimate of drug-likeness (QED) is 0.336. The van der Waals surface area contributed by atoms with E-state index in [-0.39, 0.29) is 34.7 Å². The number of benzene rings is 1. The molecule has 1 radical (unpaired) electrons. The van der Waals surface area contributed by atoms with Crippen LogP contribution >= 0.6 is 23.8 Å². The number of anilines is 1. The van der Waals surface area contributed by atoms with Gasteiger partial charge in [0.25, 0.3) is 0 Å². The average molecular weight is 235 g/mol. The Labute approximate surface area is 115 Å². The first-order valence-electron chi connectivity index (χ1n) is 3.44. The van der Waals surface area contributed by atoms with Crippen LogP contribution in [0, 0.1) is 11.5 Å². The maximum absolute atomic E-state index is 8.25. The molecule has 0 saturated heterocycles. The van der Waals surface area contributed by atoms with Gasteiger partial charge in [0.1, 0.15) is 0 Å². The van der Waals surface area contributed by atoms with Gasteiger partial charge in [-0.1, -0.05) is 11.6 Å². The monoisotopic (exact) mass is 234 g/mol. The number of hydrogen-bond donors (Lipinski definition) is 2. The Morgan fingerprint density at radius 1 is 1.36 bits per heavy atom. The Hall–Kier alpha value is -0.310. The molecule has 2 N–H and O–H groups in total. The van der Waals surface area contributed by atoms with Crippen molar-refractivity contribution >= 4 is 64.2 Å². The largest absolute Gasteiger partial charge is 0.332 e. The molecule has 0 saturated carbocycles. The van der Waals surface area contributed by atoms with Crippen molar-refractivity contribution in [3.63, 3.8) is 0 Å². The topological polar surface area (TPSA) is 47.9 Å². The molecule has 1 rings (SSSR count). The van der Waals surface area contributed by atoms with Crippen LogP contribution in [0.3, 0.4) is 0 Å². The van der Waals surface area contributed by atoms with Crippen LogP contribution in [0.1, 0.15) is 0 Å². The van der Waals surface area contributed by atoms with Gasteiger partial charge >= 0.3 is 0 Å². The second kappa shape index (κ2) is 7.04. The Morgan fingerprint density at radius 2 is 1.93 bits per heavy atom. The van der Waals surface area contributed by atoms with Crippen molar-refractivity contribution in [2.24, 2.45) is 0 Å². The molecule has 0 aliphatic carbocycles. The number of hydrogen-bond acceptors (Lipinski definition) is 2. The zero-order chi connectivity index (χ0) is 9.68. The summed E-state index contributed by atoms with van der Waals surface area (Å²) in [4.78, 5) is 0. The fourth-order valence-corrected chi connectivity index (χ4v) is 1.04. The summed E-state index contributed by atoms with van der Waals surface area (Å²) in [5.74, 6) is 0. The molecule has 1 aromatic rings. The van der Waals surface area contributed by atoms with Gasteiger partial charge in [0.2, 0.25) is 0 Å². The fourth-order valence-electron chi connectivity index (χ4n) is 0.746. The minimum atomic E-state index is 0. The molecule has 0 aliphatic heterocycles. The predicted molar refractivity (Wildman–Crippen MR) is 62.2 cm³/mol. The van der Waals surface area contributed by atoms with Crippen molar-refractivity contribution in [3.8, 4) is 6.19 Å². The number of halogens is 1. The molecule has 1 aromatic carbocycles. The van der Waals surface area contributed by atoms with E-state index in [1.54, 1.807) is 30.5 Å². The summed E-state index contributed by atoms with van der Waals surface area (Å²) < 4.78 is 0. The second-order valence-corrected chi connectivity index (χ2v) is 3.04. The van der Waals surface area contributed by atoms with E-state index in [9.17, 15) is 0 Å². The molecule has 0 unspecified atom stereocenters. The minimum Gasteiger partial charge on any atom is -0.332 e. The summed E-state index contributed by atoms with van der Waals surface area (Å²) in [5, 5.41) is 14.3. The molecule has 0 aromatic heterocycles. The molecule has 0 spiro atoms. The van der Waals surface area contributed by atoms with Crippen molar-refractivity contribution in [3.05, 3.63) is 29.3 Å². The number of nitrogens with one attached hydrogen (secondary N) is 2. The van der Waals surface area contributed by atoms with Crippen LogP contribution in [0.15, 0.2) is 24.3 Å². The van der Waals surface area contributed by atoms with Gasteiger partial charge in [-0.05, 0) is 36.5 Å². The molecule has 14 heavy (non-hydrogen) atoms. The zero-order valence-electron chi connectivity index (χ0n) is 7.54. The predicted octanol–water partition coefficient (Wildman–Crippen LogP) is 1.73. The van der Waals surface area contributed by atoms with Crippen LogP contribution in [0.4, 0.5) is 5.69 Å². The van der Waals surface area contributed by atoms with E-state index in [1.165, 1.54) is 0 Å². The third-order valence-corrected chi connectivity index (χ3v) is 1.73. The van der Waals surface area contributed by atoms with Crippen LogP contribution in [0.2, 0.25) is 5.02 Å². The van der Waals surface area contributed by atoms with E-state index in [1.807, 2.05) is 0 Å². The average Bonchev–Trinajstić information content (AvgIpc) is 2.09.